The fourth-order valence-corrected chi connectivity index (χ4v) is 3.45. The molecule has 0 aromatic rings. The minimum Gasteiger partial charge on any atom is -0.327 e. The van der Waals surface area contributed by atoms with Crippen LogP contribution in [0.25, 0.3) is 0 Å². The average Bonchev–Trinajstić information content (AvgIpc) is 2.96. The summed E-state index contributed by atoms with van der Waals surface area (Å²) in [6.07, 6.45) is -1.90. The molecular formula is C12H14ClF4NO2. The van der Waals surface area contributed by atoms with Crippen LogP contribution in [0.4, 0.5) is 17.6 Å². The molecule has 0 N–H and O–H groups in total. The van der Waals surface area contributed by atoms with Crippen molar-refractivity contribution < 1.29 is 27.2 Å². The van der Waals surface area contributed by atoms with Gasteiger partial charge in [0.25, 0.3) is 5.91 Å². The Hall–Kier alpha value is -0.850. The highest BCUT2D eigenvalue weighted by Gasteiger charge is 2.57. The molecule has 0 spiro atoms. The van der Waals surface area contributed by atoms with E-state index in [1.807, 2.05) is 0 Å². The average molecular weight is 316 g/mol. The summed E-state index contributed by atoms with van der Waals surface area (Å²) in [6.45, 7) is -0.0703. The third-order valence-electron chi connectivity index (χ3n) is 4.17. The van der Waals surface area contributed by atoms with Gasteiger partial charge < -0.3 is 4.90 Å². The van der Waals surface area contributed by atoms with Gasteiger partial charge in [0.2, 0.25) is 0 Å². The predicted molar refractivity (Wildman–Crippen MR) is 63.0 cm³/mol. The van der Waals surface area contributed by atoms with Gasteiger partial charge in [-0.15, -0.1) is 11.6 Å². The number of amides is 1. The quantitative estimate of drug-likeness (QED) is 0.590. The van der Waals surface area contributed by atoms with E-state index >= 15 is 0 Å². The molecule has 2 aliphatic rings. The maximum atomic E-state index is 13.2. The van der Waals surface area contributed by atoms with Gasteiger partial charge >= 0.3 is 12.3 Å². The lowest BCUT2D eigenvalue weighted by atomic mass is 9.92. The number of carbonyl (C=O) groups is 2. The van der Waals surface area contributed by atoms with Gasteiger partial charge in [0, 0.05) is 6.54 Å². The Morgan fingerprint density at radius 1 is 1.30 bits per heavy atom. The molecule has 1 aliphatic carbocycles. The summed E-state index contributed by atoms with van der Waals surface area (Å²) in [5.74, 6) is -8.02. The number of alkyl halides is 5. The van der Waals surface area contributed by atoms with Crippen LogP contribution in [0, 0.1) is 11.8 Å². The SMILES string of the molecule is O=C(CCl)C1C2CCCC2CN1C(=O)C(F)(F)C(F)F. The van der Waals surface area contributed by atoms with Gasteiger partial charge in [0.05, 0.1) is 11.9 Å². The molecule has 0 aromatic carbocycles. The number of hydrogen-bond donors (Lipinski definition) is 0. The van der Waals surface area contributed by atoms with E-state index in [1.165, 1.54) is 0 Å². The van der Waals surface area contributed by atoms with Crippen molar-refractivity contribution in [3.63, 3.8) is 0 Å². The summed E-state index contributed by atoms with van der Waals surface area (Å²) >= 11 is 5.45. The molecule has 20 heavy (non-hydrogen) atoms. The summed E-state index contributed by atoms with van der Waals surface area (Å²) in [6, 6.07) is -1.09. The number of nitrogens with zero attached hydrogens (tertiary/aromatic N) is 1. The molecule has 2 rings (SSSR count). The Balaban J connectivity index is 2.26. The highest BCUT2D eigenvalue weighted by atomic mass is 35.5. The molecule has 1 aliphatic heterocycles. The maximum Gasteiger partial charge on any atom is 0.383 e. The first kappa shape index (κ1) is 15.5. The number of likely N-dealkylation sites (tertiary alicyclic amines) is 1. The van der Waals surface area contributed by atoms with Gasteiger partial charge in [-0.05, 0) is 24.7 Å². The van der Waals surface area contributed by atoms with Crippen LogP contribution in [0.5, 0.6) is 0 Å². The van der Waals surface area contributed by atoms with Gasteiger partial charge in [-0.3, -0.25) is 9.59 Å². The van der Waals surface area contributed by atoms with Gasteiger partial charge in [-0.1, -0.05) is 6.42 Å². The van der Waals surface area contributed by atoms with E-state index in [4.69, 9.17) is 11.6 Å². The molecule has 3 atom stereocenters. The fourth-order valence-electron chi connectivity index (χ4n) is 3.29. The molecule has 3 nitrogen and oxygen atoms in total. The van der Waals surface area contributed by atoms with E-state index in [9.17, 15) is 27.2 Å². The first-order valence-corrected chi connectivity index (χ1v) is 6.89. The van der Waals surface area contributed by atoms with E-state index in [0.717, 1.165) is 6.42 Å². The minimum absolute atomic E-state index is 0.0703. The molecular weight excluding hydrogens is 302 g/mol. The van der Waals surface area contributed by atoms with Crippen LogP contribution in [0.2, 0.25) is 0 Å². The number of halogens is 5. The van der Waals surface area contributed by atoms with Crippen LogP contribution in [-0.4, -0.2) is 47.4 Å². The van der Waals surface area contributed by atoms with Gasteiger partial charge in [0.15, 0.2) is 5.78 Å². The van der Waals surface area contributed by atoms with Crippen molar-refractivity contribution in [2.45, 2.75) is 37.7 Å². The molecule has 0 aromatic heterocycles. The monoisotopic (exact) mass is 315 g/mol. The van der Waals surface area contributed by atoms with Crippen LogP contribution in [-0.2, 0) is 9.59 Å². The van der Waals surface area contributed by atoms with E-state index in [2.05, 4.69) is 0 Å². The Morgan fingerprint density at radius 2 is 1.95 bits per heavy atom. The van der Waals surface area contributed by atoms with Crippen LogP contribution < -0.4 is 0 Å². The summed E-state index contributed by atoms with van der Waals surface area (Å²) in [7, 11) is 0. The Bertz CT molecular complexity index is 418. The molecule has 1 amide bonds. The van der Waals surface area contributed by atoms with Crippen molar-refractivity contribution in [3.05, 3.63) is 0 Å². The number of fused-ring (bicyclic) bond motifs is 1. The second-order valence-corrected chi connectivity index (χ2v) is 5.55. The largest absolute Gasteiger partial charge is 0.383 e. The van der Waals surface area contributed by atoms with E-state index in [1.54, 1.807) is 0 Å². The molecule has 2 fully saturated rings. The maximum absolute atomic E-state index is 13.2. The molecule has 1 heterocycles. The lowest BCUT2D eigenvalue weighted by molar-refractivity contribution is -0.182. The van der Waals surface area contributed by atoms with Crippen molar-refractivity contribution in [1.82, 2.24) is 4.90 Å². The summed E-state index contributed by atoms with van der Waals surface area (Å²) in [4.78, 5) is 24.1. The van der Waals surface area contributed by atoms with Gasteiger partial charge in [-0.2, -0.15) is 8.78 Å². The number of carbonyl (C=O) groups excluding carboxylic acids is 2. The highest BCUT2D eigenvalue weighted by molar-refractivity contribution is 6.28. The number of ketones is 1. The number of hydrogen-bond acceptors (Lipinski definition) is 2. The molecule has 1 saturated heterocycles. The zero-order valence-corrected chi connectivity index (χ0v) is 11.3. The molecule has 8 heteroatoms. The molecule has 1 saturated carbocycles. The third-order valence-corrected chi connectivity index (χ3v) is 4.44. The number of rotatable bonds is 4. The Labute approximate surface area is 118 Å². The minimum atomic E-state index is -4.76. The molecule has 114 valence electrons. The highest BCUT2D eigenvalue weighted by Crippen LogP contribution is 2.44. The second-order valence-electron chi connectivity index (χ2n) is 5.28. The zero-order chi connectivity index (χ0) is 15.1. The topological polar surface area (TPSA) is 37.4 Å². The number of Topliss-reactive ketones (excluding diaryl/α,β-unsaturated/α-hetero) is 1. The fraction of sp³-hybridized carbons (Fsp3) is 0.833. The van der Waals surface area contributed by atoms with Crippen molar-refractivity contribution in [3.8, 4) is 0 Å². The van der Waals surface area contributed by atoms with Crippen molar-refractivity contribution >= 4 is 23.3 Å². The molecule has 3 unspecified atom stereocenters. The molecule has 0 bridgehead atoms. The lowest BCUT2D eigenvalue weighted by Gasteiger charge is -2.29. The Morgan fingerprint density at radius 3 is 2.50 bits per heavy atom. The van der Waals surface area contributed by atoms with Gasteiger partial charge in [-0.25, -0.2) is 8.78 Å². The smallest absolute Gasteiger partial charge is 0.327 e. The third kappa shape index (κ3) is 2.40. The van der Waals surface area contributed by atoms with Crippen molar-refractivity contribution in [1.29, 1.82) is 0 Å². The van der Waals surface area contributed by atoms with E-state index < -0.39 is 36.0 Å². The van der Waals surface area contributed by atoms with Gasteiger partial charge in [0.1, 0.15) is 0 Å². The Kier molecular flexibility index (Phi) is 4.27. The summed E-state index contributed by atoms with van der Waals surface area (Å²) in [5.41, 5.74) is 0. The van der Waals surface area contributed by atoms with Crippen molar-refractivity contribution in [2.75, 3.05) is 12.4 Å². The second kappa shape index (κ2) is 5.50. The van der Waals surface area contributed by atoms with Crippen LogP contribution in [0.15, 0.2) is 0 Å². The summed E-state index contributed by atoms with van der Waals surface area (Å²) in [5, 5.41) is 0. The van der Waals surface area contributed by atoms with E-state index in [0.29, 0.717) is 17.7 Å². The van der Waals surface area contributed by atoms with E-state index in [-0.39, 0.29) is 18.4 Å². The van der Waals surface area contributed by atoms with Crippen LogP contribution in [0.1, 0.15) is 19.3 Å². The van der Waals surface area contributed by atoms with Crippen molar-refractivity contribution in [2.24, 2.45) is 11.8 Å². The first-order valence-electron chi connectivity index (χ1n) is 6.36. The summed E-state index contributed by atoms with van der Waals surface area (Å²) < 4.78 is 51.1. The molecule has 0 radical (unpaired) electrons. The van der Waals surface area contributed by atoms with Crippen LogP contribution in [0.3, 0.4) is 0 Å². The zero-order valence-electron chi connectivity index (χ0n) is 10.5. The predicted octanol–water partition coefficient (Wildman–Crippen LogP) is 2.32. The first-order chi connectivity index (χ1) is 9.30. The standard InChI is InChI=1S/C12H14ClF4NO2/c13-4-8(19)9-7-3-1-2-6(7)5-18(9)11(20)12(16,17)10(14)15/h6-7,9-10H,1-5H2. The van der Waals surface area contributed by atoms with Crippen LogP contribution >= 0.6 is 11.6 Å². The normalized spacial score (nSPS) is 29.9. The lowest BCUT2D eigenvalue weighted by Crippen LogP contribution is -2.52.